The summed E-state index contributed by atoms with van der Waals surface area (Å²) < 4.78 is 42.6. The molecule has 1 saturated heterocycles. The number of benzene rings is 1. The van der Waals surface area contributed by atoms with Crippen LogP contribution in [0, 0.1) is 5.82 Å². The number of amides is 1. The summed E-state index contributed by atoms with van der Waals surface area (Å²) in [5.74, 6) is -0.740. The zero-order valence-corrected chi connectivity index (χ0v) is 20.5. The van der Waals surface area contributed by atoms with E-state index < -0.39 is 16.1 Å². The van der Waals surface area contributed by atoms with Gasteiger partial charge in [-0.3, -0.25) is 14.7 Å². The molecule has 34 heavy (non-hydrogen) atoms. The Morgan fingerprint density at radius 1 is 1.18 bits per heavy atom. The lowest BCUT2D eigenvalue weighted by atomic mass is 10.0. The Balaban J connectivity index is 1.54. The average Bonchev–Trinajstić information content (AvgIpc) is 3.53. The number of anilines is 1. The van der Waals surface area contributed by atoms with Crippen molar-refractivity contribution < 1.29 is 17.6 Å². The number of thiophene rings is 1. The van der Waals surface area contributed by atoms with Crippen molar-refractivity contribution in [1.29, 1.82) is 0 Å². The van der Waals surface area contributed by atoms with Crippen molar-refractivity contribution in [2.45, 2.75) is 36.1 Å². The molecule has 1 amide bonds. The Labute approximate surface area is 204 Å². The van der Waals surface area contributed by atoms with Gasteiger partial charge in [0.1, 0.15) is 16.1 Å². The molecule has 1 aromatic carbocycles. The van der Waals surface area contributed by atoms with E-state index in [4.69, 9.17) is 0 Å². The summed E-state index contributed by atoms with van der Waals surface area (Å²) in [5.41, 5.74) is 1.22. The summed E-state index contributed by atoms with van der Waals surface area (Å²) in [6.07, 6.45) is 3.49. The average molecular weight is 517 g/mol. The van der Waals surface area contributed by atoms with E-state index in [1.54, 1.807) is 41.9 Å². The maximum absolute atomic E-state index is 14.0. The van der Waals surface area contributed by atoms with Crippen molar-refractivity contribution in [3.8, 4) is 0 Å². The minimum absolute atomic E-state index is 0.130. The molecule has 0 aliphatic carbocycles. The van der Waals surface area contributed by atoms with Crippen LogP contribution >= 0.6 is 22.7 Å². The predicted molar refractivity (Wildman–Crippen MR) is 131 cm³/mol. The standard InChI is InChI=1S/C23H21FN4O3S3/c24-16-9-10-18-20(14-16)33-23(26-18)27(15-17-6-1-3-11-25-17)22(29)19-7-2-4-12-28(19)34(30,31)21-8-5-13-32-21/h1,3,5-6,8-11,13-14,19H,2,4,7,12,15H2. The lowest BCUT2D eigenvalue weighted by Crippen LogP contribution is -2.52. The maximum Gasteiger partial charge on any atom is 0.253 e. The van der Waals surface area contributed by atoms with Crippen molar-refractivity contribution in [3.63, 3.8) is 0 Å². The summed E-state index contributed by atoms with van der Waals surface area (Å²) in [5, 5.41) is 2.09. The van der Waals surface area contributed by atoms with Crippen LogP contribution in [0.25, 0.3) is 10.2 Å². The van der Waals surface area contributed by atoms with Gasteiger partial charge < -0.3 is 0 Å². The van der Waals surface area contributed by atoms with E-state index in [0.717, 1.165) is 17.8 Å². The third-order valence-electron chi connectivity index (χ3n) is 5.68. The van der Waals surface area contributed by atoms with Gasteiger partial charge in [0.2, 0.25) is 5.91 Å². The van der Waals surface area contributed by atoms with Crippen molar-refractivity contribution in [2.24, 2.45) is 0 Å². The first-order chi connectivity index (χ1) is 16.4. The third kappa shape index (κ3) is 4.48. The molecule has 4 aromatic rings. The number of halogens is 1. The Morgan fingerprint density at radius 2 is 2.06 bits per heavy atom. The van der Waals surface area contributed by atoms with E-state index >= 15 is 0 Å². The second-order valence-corrected chi connectivity index (χ2v) is 12.0. The number of hydrogen-bond acceptors (Lipinski definition) is 7. The Hall–Kier alpha value is -2.73. The molecule has 0 N–H and O–H groups in total. The first-order valence-electron chi connectivity index (χ1n) is 10.8. The third-order valence-corrected chi connectivity index (χ3v) is 10.0. The molecule has 0 radical (unpaired) electrons. The molecule has 11 heteroatoms. The van der Waals surface area contributed by atoms with Crippen LogP contribution < -0.4 is 4.90 Å². The Kier molecular flexibility index (Phi) is 6.43. The Morgan fingerprint density at radius 3 is 2.82 bits per heavy atom. The number of piperidine rings is 1. The number of nitrogens with zero attached hydrogens (tertiary/aromatic N) is 4. The molecule has 176 valence electrons. The van der Waals surface area contributed by atoms with Crippen molar-refractivity contribution >= 4 is 54.0 Å². The molecule has 1 aliphatic rings. The zero-order chi connectivity index (χ0) is 23.7. The molecular weight excluding hydrogens is 495 g/mol. The highest BCUT2D eigenvalue weighted by molar-refractivity contribution is 7.91. The predicted octanol–water partition coefficient (Wildman–Crippen LogP) is 4.67. The van der Waals surface area contributed by atoms with Crippen LogP contribution in [0.15, 0.2) is 64.3 Å². The number of pyridine rings is 1. The number of aromatic nitrogens is 2. The van der Waals surface area contributed by atoms with E-state index in [1.807, 2.05) is 6.07 Å². The molecule has 0 spiro atoms. The molecule has 1 aliphatic heterocycles. The normalized spacial score (nSPS) is 17.1. The fraction of sp³-hybridized carbons (Fsp3) is 0.261. The summed E-state index contributed by atoms with van der Waals surface area (Å²) in [6.45, 7) is 0.407. The number of carbonyl (C=O) groups is 1. The van der Waals surface area contributed by atoms with Crippen molar-refractivity contribution in [3.05, 3.63) is 71.6 Å². The van der Waals surface area contributed by atoms with E-state index in [2.05, 4.69) is 9.97 Å². The SMILES string of the molecule is O=C(C1CCCCN1S(=O)(=O)c1cccs1)N(Cc1ccccn1)c1nc2ccc(F)cc2s1. The van der Waals surface area contributed by atoms with Crippen LogP contribution in [0.3, 0.4) is 0 Å². The smallest absolute Gasteiger partial charge is 0.253 e. The monoisotopic (exact) mass is 516 g/mol. The summed E-state index contributed by atoms with van der Waals surface area (Å²) in [4.78, 5) is 24.4. The van der Waals surface area contributed by atoms with Gasteiger partial charge in [0.25, 0.3) is 10.0 Å². The van der Waals surface area contributed by atoms with Gasteiger partial charge in [-0.05, 0) is 54.6 Å². The zero-order valence-electron chi connectivity index (χ0n) is 18.0. The number of thiazole rings is 1. The highest BCUT2D eigenvalue weighted by atomic mass is 32.2. The van der Waals surface area contributed by atoms with Crippen molar-refractivity contribution in [2.75, 3.05) is 11.4 Å². The minimum atomic E-state index is -3.81. The van der Waals surface area contributed by atoms with E-state index in [0.29, 0.717) is 33.9 Å². The topological polar surface area (TPSA) is 83.5 Å². The van der Waals surface area contributed by atoms with Gasteiger partial charge in [-0.2, -0.15) is 4.31 Å². The molecule has 3 aromatic heterocycles. The number of sulfonamides is 1. The van der Waals surface area contributed by atoms with Gasteiger partial charge >= 0.3 is 0 Å². The second-order valence-electron chi connectivity index (χ2n) is 7.91. The van der Waals surface area contributed by atoms with E-state index in [1.165, 1.54) is 32.7 Å². The van der Waals surface area contributed by atoms with Crippen LogP contribution in [-0.4, -0.2) is 41.2 Å². The van der Waals surface area contributed by atoms with Crippen LogP contribution in [0.5, 0.6) is 0 Å². The van der Waals surface area contributed by atoms with Gasteiger partial charge in [0.15, 0.2) is 5.13 Å². The van der Waals surface area contributed by atoms with Crippen LogP contribution in [0.2, 0.25) is 0 Å². The first-order valence-corrected chi connectivity index (χ1v) is 13.9. The van der Waals surface area contributed by atoms with Gasteiger partial charge in [-0.25, -0.2) is 17.8 Å². The van der Waals surface area contributed by atoms with Gasteiger partial charge in [0, 0.05) is 12.7 Å². The number of fused-ring (bicyclic) bond motifs is 1. The fourth-order valence-electron chi connectivity index (χ4n) is 4.04. The highest BCUT2D eigenvalue weighted by Gasteiger charge is 2.41. The van der Waals surface area contributed by atoms with Crippen LogP contribution in [0.1, 0.15) is 25.0 Å². The number of rotatable bonds is 6. The van der Waals surface area contributed by atoms with Crippen LogP contribution in [-0.2, 0) is 21.4 Å². The highest BCUT2D eigenvalue weighted by Crippen LogP contribution is 2.34. The molecule has 1 atom stereocenters. The second kappa shape index (κ2) is 9.49. The molecule has 1 fully saturated rings. The van der Waals surface area contributed by atoms with Crippen molar-refractivity contribution in [1.82, 2.24) is 14.3 Å². The van der Waals surface area contributed by atoms with Gasteiger partial charge in [-0.15, -0.1) is 11.3 Å². The summed E-state index contributed by atoms with van der Waals surface area (Å²) >= 11 is 2.34. The number of hydrogen-bond donors (Lipinski definition) is 0. The fourth-order valence-corrected chi connectivity index (χ4v) is 7.81. The first kappa shape index (κ1) is 23.0. The lowest BCUT2D eigenvalue weighted by Gasteiger charge is -2.35. The van der Waals surface area contributed by atoms with Crippen LogP contribution in [0.4, 0.5) is 9.52 Å². The van der Waals surface area contributed by atoms with Gasteiger partial charge in [0.05, 0.1) is 22.5 Å². The lowest BCUT2D eigenvalue weighted by molar-refractivity contribution is -0.123. The quantitative estimate of drug-likeness (QED) is 0.372. The van der Waals surface area contributed by atoms with E-state index in [-0.39, 0.29) is 29.0 Å². The molecule has 7 nitrogen and oxygen atoms in total. The summed E-state index contributed by atoms with van der Waals surface area (Å²) in [6, 6.07) is 12.1. The van der Waals surface area contributed by atoms with Gasteiger partial charge in [-0.1, -0.05) is 29.9 Å². The molecule has 1 unspecified atom stereocenters. The maximum atomic E-state index is 14.0. The molecule has 4 heterocycles. The van der Waals surface area contributed by atoms with E-state index in [9.17, 15) is 17.6 Å². The number of carbonyl (C=O) groups excluding carboxylic acids is 1. The molecule has 0 bridgehead atoms. The largest absolute Gasteiger partial charge is 0.281 e. The molecular formula is C23H21FN4O3S3. The molecule has 0 saturated carbocycles. The summed E-state index contributed by atoms with van der Waals surface area (Å²) in [7, 11) is -3.81. The minimum Gasteiger partial charge on any atom is -0.281 e. The Bertz CT molecular complexity index is 1410. The molecule has 5 rings (SSSR count).